The zero-order valence-electron chi connectivity index (χ0n) is 18.9. The van der Waals surface area contributed by atoms with E-state index in [0.717, 1.165) is 58.7 Å². The number of rotatable bonds is 9. The quantitative estimate of drug-likeness (QED) is 0.413. The van der Waals surface area contributed by atoms with E-state index in [-0.39, 0.29) is 18.2 Å². The first-order valence-electron chi connectivity index (χ1n) is 11.3. The minimum absolute atomic E-state index is 0.0565. The predicted octanol–water partition coefficient (Wildman–Crippen LogP) is 6.34. The van der Waals surface area contributed by atoms with Crippen LogP contribution in [-0.4, -0.2) is 22.7 Å². The van der Waals surface area contributed by atoms with Crippen molar-refractivity contribution < 1.29 is 23.4 Å². The fourth-order valence-corrected chi connectivity index (χ4v) is 4.45. The molecule has 1 aliphatic rings. The summed E-state index contributed by atoms with van der Waals surface area (Å²) in [5.74, 6) is 0.933. The standard InChI is InChI=1S/C27H28FNO4/c1-3-4-5-25-29-24(17(2)33-25)12-13-32-22-14-19-6-7-20(15-26(30)31)27(19)23(16-22)18-8-10-21(28)11-9-18/h4-5,8-11,14,16,20H,3,6-7,12-13,15H2,1-2H3,(H,30,31)/b5-4+. The van der Waals surface area contributed by atoms with Gasteiger partial charge >= 0.3 is 5.97 Å². The summed E-state index contributed by atoms with van der Waals surface area (Å²) in [5, 5.41) is 9.36. The molecular formula is C27H28FNO4. The number of carboxylic acids is 1. The van der Waals surface area contributed by atoms with Crippen LogP contribution in [-0.2, 0) is 17.6 Å². The lowest BCUT2D eigenvalue weighted by Crippen LogP contribution is -2.06. The summed E-state index contributed by atoms with van der Waals surface area (Å²) in [7, 11) is 0. The lowest BCUT2D eigenvalue weighted by atomic mass is 9.89. The molecule has 172 valence electrons. The van der Waals surface area contributed by atoms with Gasteiger partial charge in [0, 0.05) is 6.42 Å². The number of aromatic nitrogens is 1. The van der Waals surface area contributed by atoms with Crippen LogP contribution in [0.3, 0.4) is 0 Å². The Morgan fingerprint density at radius 1 is 1.30 bits per heavy atom. The van der Waals surface area contributed by atoms with Gasteiger partial charge in [0.05, 0.1) is 18.7 Å². The maximum atomic E-state index is 13.5. The summed E-state index contributed by atoms with van der Waals surface area (Å²) in [6, 6.07) is 10.3. The van der Waals surface area contributed by atoms with Crippen LogP contribution in [0.2, 0.25) is 0 Å². The monoisotopic (exact) mass is 449 g/mol. The van der Waals surface area contributed by atoms with Gasteiger partial charge in [-0.1, -0.05) is 25.1 Å². The molecular weight excluding hydrogens is 421 g/mol. The normalized spacial score (nSPS) is 15.2. The minimum atomic E-state index is -0.811. The van der Waals surface area contributed by atoms with Crippen molar-refractivity contribution in [3.63, 3.8) is 0 Å². The molecule has 1 heterocycles. The maximum absolute atomic E-state index is 13.5. The molecule has 4 rings (SSSR count). The van der Waals surface area contributed by atoms with Crippen LogP contribution in [0.1, 0.15) is 60.6 Å². The molecule has 1 N–H and O–H groups in total. The number of aryl methyl sites for hydroxylation is 2. The van der Waals surface area contributed by atoms with Gasteiger partial charge in [0.2, 0.25) is 5.89 Å². The predicted molar refractivity (Wildman–Crippen MR) is 125 cm³/mol. The third kappa shape index (κ3) is 5.33. The second-order valence-corrected chi connectivity index (χ2v) is 8.35. The lowest BCUT2D eigenvalue weighted by molar-refractivity contribution is -0.137. The van der Waals surface area contributed by atoms with E-state index in [1.165, 1.54) is 12.1 Å². The number of fused-ring (bicyclic) bond motifs is 1. The molecule has 6 heteroatoms. The summed E-state index contributed by atoms with van der Waals surface area (Å²) in [5.41, 5.74) is 4.77. The second kappa shape index (κ2) is 10.0. The van der Waals surface area contributed by atoms with Crippen LogP contribution in [0.5, 0.6) is 5.75 Å². The van der Waals surface area contributed by atoms with Gasteiger partial charge in [0.15, 0.2) is 0 Å². The number of hydrogen-bond donors (Lipinski definition) is 1. The Balaban J connectivity index is 1.56. The first kappa shape index (κ1) is 22.8. The van der Waals surface area contributed by atoms with Crippen molar-refractivity contribution in [2.24, 2.45) is 0 Å². The van der Waals surface area contributed by atoms with Crippen molar-refractivity contribution in [3.8, 4) is 16.9 Å². The smallest absolute Gasteiger partial charge is 0.303 e. The van der Waals surface area contributed by atoms with Crippen LogP contribution in [0.25, 0.3) is 17.2 Å². The first-order valence-corrected chi connectivity index (χ1v) is 11.3. The number of halogens is 1. The molecule has 1 aromatic heterocycles. The number of ether oxygens (including phenoxy) is 1. The minimum Gasteiger partial charge on any atom is -0.493 e. The summed E-state index contributed by atoms with van der Waals surface area (Å²) in [6.07, 6.45) is 7.08. The van der Waals surface area contributed by atoms with Gasteiger partial charge < -0.3 is 14.3 Å². The molecule has 1 aliphatic carbocycles. The molecule has 2 aromatic carbocycles. The topological polar surface area (TPSA) is 72.6 Å². The molecule has 0 saturated heterocycles. The van der Waals surface area contributed by atoms with E-state index in [1.54, 1.807) is 12.1 Å². The van der Waals surface area contributed by atoms with Crippen LogP contribution in [0, 0.1) is 12.7 Å². The molecule has 0 spiro atoms. The first-order chi connectivity index (χ1) is 15.9. The van der Waals surface area contributed by atoms with E-state index in [1.807, 2.05) is 31.2 Å². The zero-order chi connectivity index (χ0) is 23.4. The molecule has 33 heavy (non-hydrogen) atoms. The number of aliphatic carboxylic acids is 1. The Labute approximate surface area is 192 Å². The van der Waals surface area contributed by atoms with Gasteiger partial charge in [-0.15, -0.1) is 0 Å². The Kier molecular flexibility index (Phi) is 6.92. The fraction of sp³-hybridized carbons (Fsp3) is 0.333. The van der Waals surface area contributed by atoms with Gasteiger partial charge in [-0.25, -0.2) is 9.37 Å². The summed E-state index contributed by atoms with van der Waals surface area (Å²) in [4.78, 5) is 15.9. The average molecular weight is 450 g/mol. The Morgan fingerprint density at radius 2 is 2.09 bits per heavy atom. The van der Waals surface area contributed by atoms with E-state index in [2.05, 4.69) is 11.9 Å². The Bertz CT molecular complexity index is 1160. The molecule has 0 bridgehead atoms. The molecule has 3 aromatic rings. The van der Waals surface area contributed by atoms with Crippen molar-refractivity contribution in [2.45, 2.75) is 51.9 Å². The van der Waals surface area contributed by atoms with Crippen LogP contribution >= 0.6 is 0 Å². The summed E-state index contributed by atoms with van der Waals surface area (Å²) >= 11 is 0. The highest BCUT2D eigenvalue weighted by Gasteiger charge is 2.28. The molecule has 1 atom stereocenters. The number of oxazole rings is 1. The van der Waals surface area contributed by atoms with E-state index < -0.39 is 5.97 Å². The number of nitrogens with zero attached hydrogens (tertiary/aromatic N) is 1. The van der Waals surface area contributed by atoms with Crippen LogP contribution in [0.4, 0.5) is 4.39 Å². The third-order valence-electron chi connectivity index (χ3n) is 6.00. The van der Waals surface area contributed by atoms with Crippen molar-refractivity contribution in [2.75, 3.05) is 6.61 Å². The van der Waals surface area contributed by atoms with E-state index in [9.17, 15) is 14.3 Å². The van der Waals surface area contributed by atoms with E-state index in [0.29, 0.717) is 18.9 Å². The number of benzene rings is 2. The van der Waals surface area contributed by atoms with Crippen molar-refractivity contribution >= 4 is 12.0 Å². The van der Waals surface area contributed by atoms with Gasteiger partial charge in [-0.2, -0.15) is 0 Å². The second-order valence-electron chi connectivity index (χ2n) is 8.35. The number of hydrogen-bond acceptors (Lipinski definition) is 4. The molecule has 0 fully saturated rings. The van der Waals surface area contributed by atoms with Crippen molar-refractivity contribution in [1.82, 2.24) is 4.98 Å². The molecule has 0 radical (unpaired) electrons. The van der Waals surface area contributed by atoms with Gasteiger partial charge in [0.1, 0.15) is 17.3 Å². The maximum Gasteiger partial charge on any atom is 0.303 e. The highest BCUT2D eigenvalue weighted by atomic mass is 19.1. The van der Waals surface area contributed by atoms with E-state index in [4.69, 9.17) is 9.15 Å². The number of carbonyl (C=O) groups is 1. The Hall–Kier alpha value is -3.41. The highest BCUT2D eigenvalue weighted by Crippen LogP contribution is 2.44. The van der Waals surface area contributed by atoms with E-state index >= 15 is 0 Å². The average Bonchev–Trinajstić information content (AvgIpc) is 3.35. The van der Waals surface area contributed by atoms with Crippen molar-refractivity contribution in [1.29, 1.82) is 0 Å². The molecule has 0 amide bonds. The van der Waals surface area contributed by atoms with Crippen LogP contribution in [0.15, 0.2) is 46.9 Å². The van der Waals surface area contributed by atoms with Crippen LogP contribution < -0.4 is 4.74 Å². The summed E-state index contributed by atoms with van der Waals surface area (Å²) < 4.78 is 25.3. The Morgan fingerprint density at radius 3 is 2.82 bits per heavy atom. The van der Waals surface area contributed by atoms with Gasteiger partial charge in [-0.05, 0) is 84.7 Å². The van der Waals surface area contributed by atoms with Gasteiger partial charge in [0.25, 0.3) is 0 Å². The lowest BCUT2D eigenvalue weighted by Gasteiger charge is -2.17. The molecule has 0 aliphatic heterocycles. The highest BCUT2D eigenvalue weighted by molar-refractivity contribution is 5.75. The molecule has 5 nitrogen and oxygen atoms in total. The largest absolute Gasteiger partial charge is 0.493 e. The molecule has 1 unspecified atom stereocenters. The van der Waals surface area contributed by atoms with Gasteiger partial charge in [-0.3, -0.25) is 4.79 Å². The summed E-state index contributed by atoms with van der Waals surface area (Å²) in [6.45, 7) is 4.39. The zero-order valence-corrected chi connectivity index (χ0v) is 18.9. The SMILES string of the molecule is CC/C=C/c1nc(CCOc2cc3c(c(-c4ccc(F)cc4)c2)C(CC(=O)O)CC3)c(C)o1. The number of carboxylic acid groups (broad SMARTS) is 1. The molecule has 0 saturated carbocycles. The number of allylic oxidation sites excluding steroid dienone is 1. The van der Waals surface area contributed by atoms with Crippen molar-refractivity contribution in [3.05, 3.63) is 76.8 Å². The third-order valence-corrected chi connectivity index (χ3v) is 6.00. The fourth-order valence-electron chi connectivity index (χ4n) is 4.45.